The molecular formula is C14H20N4O3. The van der Waals surface area contributed by atoms with Gasteiger partial charge in [-0.1, -0.05) is 0 Å². The van der Waals surface area contributed by atoms with Crippen molar-refractivity contribution in [1.29, 1.82) is 0 Å². The smallest absolute Gasteiger partial charge is 0.292 e. The van der Waals surface area contributed by atoms with Gasteiger partial charge >= 0.3 is 0 Å². The van der Waals surface area contributed by atoms with Crippen LogP contribution in [0.4, 0.5) is 11.4 Å². The zero-order valence-corrected chi connectivity index (χ0v) is 12.5. The van der Waals surface area contributed by atoms with Crippen LogP contribution in [0, 0.1) is 10.1 Å². The van der Waals surface area contributed by atoms with Gasteiger partial charge < -0.3 is 15.1 Å². The monoisotopic (exact) mass is 292 g/mol. The second-order valence-corrected chi connectivity index (χ2v) is 5.46. The summed E-state index contributed by atoms with van der Waals surface area (Å²) in [6.07, 6.45) is 0. The molecule has 1 fully saturated rings. The van der Waals surface area contributed by atoms with Gasteiger partial charge in [-0.2, -0.15) is 0 Å². The lowest BCUT2D eigenvalue weighted by atomic mass is 10.1. The predicted octanol–water partition coefficient (Wildman–Crippen LogP) is 1.09. The number of benzene rings is 1. The Morgan fingerprint density at radius 1 is 1.48 bits per heavy atom. The van der Waals surface area contributed by atoms with Crippen LogP contribution in [0.25, 0.3) is 0 Å². The molecule has 1 aliphatic heterocycles. The maximum atomic E-state index is 12.1. The first-order valence-electron chi connectivity index (χ1n) is 6.88. The SMILES string of the molecule is CC1CN(c2cc(C(=O)N(C)C)ccc2[N+](=O)[O-])CCN1. The van der Waals surface area contributed by atoms with E-state index >= 15 is 0 Å². The number of anilines is 1. The highest BCUT2D eigenvalue weighted by molar-refractivity contribution is 5.95. The second-order valence-electron chi connectivity index (χ2n) is 5.46. The largest absolute Gasteiger partial charge is 0.363 e. The number of nitro benzene ring substituents is 1. The number of hydrogen-bond acceptors (Lipinski definition) is 5. The highest BCUT2D eigenvalue weighted by Gasteiger charge is 2.25. The first-order chi connectivity index (χ1) is 9.90. The Kier molecular flexibility index (Phi) is 4.42. The lowest BCUT2D eigenvalue weighted by Crippen LogP contribution is -2.49. The average Bonchev–Trinajstić information content (AvgIpc) is 2.45. The molecule has 1 aromatic carbocycles. The van der Waals surface area contributed by atoms with Gasteiger partial charge in [0.05, 0.1) is 4.92 Å². The van der Waals surface area contributed by atoms with Crippen molar-refractivity contribution in [3.63, 3.8) is 0 Å². The first-order valence-corrected chi connectivity index (χ1v) is 6.88. The number of carbonyl (C=O) groups is 1. The normalized spacial score (nSPS) is 18.4. The summed E-state index contributed by atoms with van der Waals surface area (Å²) in [6, 6.07) is 4.80. The van der Waals surface area contributed by atoms with E-state index in [-0.39, 0.29) is 17.6 Å². The molecule has 0 bridgehead atoms. The molecule has 0 saturated carbocycles. The number of rotatable bonds is 3. The Balaban J connectivity index is 2.42. The Labute approximate surface area is 123 Å². The molecule has 1 amide bonds. The molecule has 1 heterocycles. The van der Waals surface area contributed by atoms with Gasteiger partial charge in [-0.3, -0.25) is 14.9 Å². The summed E-state index contributed by atoms with van der Waals surface area (Å²) in [4.78, 5) is 26.3. The third kappa shape index (κ3) is 3.30. The Bertz CT molecular complexity index is 559. The molecule has 1 aliphatic rings. The molecule has 114 valence electrons. The van der Waals surface area contributed by atoms with Crippen molar-refractivity contribution in [3.05, 3.63) is 33.9 Å². The van der Waals surface area contributed by atoms with Crippen LogP contribution in [0.2, 0.25) is 0 Å². The van der Waals surface area contributed by atoms with Crippen molar-refractivity contribution in [1.82, 2.24) is 10.2 Å². The van der Waals surface area contributed by atoms with Crippen molar-refractivity contribution in [2.75, 3.05) is 38.6 Å². The minimum atomic E-state index is -0.397. The molecule has 1 atom stereocenters. The van der Waals surface area contributed by atoms with Crippen LogP contribution in [-0.2, 0) is 0 Å². The fourth-order valence-electron chi connectivity index (χ4n) is 2.47. The van der Waals surface area contributed by atoms with Gasteiger partial charge in [0.1, 0.15) is 5.69 Å². The maximum Gasteiger partial charge on any atom is 0.292 e. The third-order valence-corrected chi connectivity index (χ3v) is 3.53. The minimum absolute atomic E-state index is 0.0411. The standard InChI is InChI=1S/C14H20N4O3/c1-10-9-17(7-6-15-10)13-8-11(14(19)16(2)3)4-5-12(13)18(20)21/h4-5,8,10,15H,6-7,9H2,1-3H3. The van der Waals surface area contributed by atoms with E-state index in [1.54, 1.807) is 20.2 Å². The summed E-state index contributed by atoms with van der Waals surface area (Å²) >= 11 is 0. The summed E-state index contributed by atoms with van der Waals surface area (Å²) in [5.74, 6) is -0.158. The summed E-state index contributed by atoms with van der Waals surface area (Å²) in [5.41, 5.74) is 1.02. The van der Waals surface area contributed by atoms with Gasteiger partial charge in [0.25, 0.3) is 11.6 Å². The average molecular weight is 292 g/mol. The molecule has 7 nitrogen and oxygen atoms in total. The van der Waals surface area contributed by atoms with Crippen LogP contribution < -0.4 is 10.2 Å². The van der Waals surface area contributed by atoms with E-state index in [1.807, 2.05) is 11.8 Å². The number of nitrogens with zero attached hydrogens (tertiary/aromatic N) is 3. The topological polar surface area (TPSA) is 78.7 Å². The van der Waals surface area contributed by atoms with Crippen LogP contribution in [-0.4, -0.2) is 55.5 Å². The molecule has 0 spiro atoms. The van der Waals surface area contributed by atoms with Gasteiger partial charge in [0.15, 0.2) is 0 Å². The van der Waals surface area contributed by atoms with Crippen molar-refractivity contribution in [2.45, 2.75) is 13.0 Å². The van der Waals surface area contributed by atoms with Crippen molar-refractivity contribution in [3.8, 4) is 0 Å². The number of carbonyl (C=O) groups excluding carboxylic acids is 1. The van der Waals surface area contributed by atoms with E-state index in [2.05, 4.69) is 5.32 Å². The molecule has 2 rings (SSSR count). The van der Waals surface area contributed by atoms with Crippen LogP contribution in [0.15, 0.2) is 18.2 Å². The van der Waals surface area contributed by atoms with Crippen molar-refractivity contribution < 1.29 is 9.72 Å². The zero-order valence-electron chi connectivity index (χ0n) is 12.5. The number of piperazine rings is 1. The van der Waals surface area contributed by atoms with E-state index < -0.39 is 4.92 Å². The van der Waals surface area contributed by atoms with Crippen LogP contribution in [0.3, 0.4) is 0 Å². The maximum absolute atomic E-state index is 12.1. The molecule has 0 radical (unpaired) electrons. The van der Waals surface area contributed by atoms with E-state index in [0.717, 1.165) is 6.54 Å². The quantitative estimate of drug-likeness (QED) is 0.666. The number of nitro groups is 1. The Hall–Kier alpha value is -2.15. The predicted molar refractivity (Wildman–Crippen MR) is 80.8 cm³/mol. The molecular weight excluding hydrogens is 272 g/mol. The second kappa shape index (κ2) is 6.09. The van der Waals surface area contributed by atoms with E-state index in [1.165, 1.54) is 17.0 Å². The number of amides is 1. The molecule has 1 unspecified atom stereocenters. The molecule has 1 N–H and O–H groups in total. The van der Waals surface area contributed by atoms with E-state index in [4.69, 9.17) is 0 Å². The fourth-order valence-corrected chi connectivity index (χ4v) is 2.47. The van der Waals surface area contributed by atoms with Gasteiger partial charge in [0, 0.05) is 51.4 Å². The lowest BCUT2D eigenvalue weighted by molar-refractivity contribution is -0.384. The molecule has 7 heteroatoms. The molecule has 1 aromatic rings. The van der Waals surface area contributed by atoms with Gasteiger partial charge in [0.2, 0.25) is 0 Å². The Morgan fingerprint density at radius 3 is 2.76 bits per heavy atom. The highest BCUT2D eigenvalue weighted by Crippen LogP contribution is 2.30. The van der Waals surface area contributed by atoms with Crippen LogP contribution in [0.5, 0.6) is 0 Å². The summed E-state index contributed by atoms with van der Waals surface area (Å²) in [7, 11) is 3.33. The van der Waals surface area contributed by atoms with Crippen molar-refractivity contribution >= 4 is 17.3 Å². The molecule has 0 aromatic heterocycles. The summed E-state index contributed by atoms with van der Waals surface area (Å²) in [5, 5.41) is 14.5. The number of hydrogen-bond donors (Lipinski definition) is 1. The third-order valence-electron chi connectivity index (χ3n) is 3.53. The van der Waals surface area contributed by atoms with Crippen LogP contribution >= 0.6 is 0 Å². The van der Waals surface area contributed by atoms with Gasteiger partial charge in [-0.15, -0.1) is 0 Å². The molecule has 1 saturated heterocycles. The van der Waals surface area contributed by atoms with Crippen LogP contribution in [0.1, 0.15) is 17.3 Å². The van der Waals surface area contributed by atoms with Crippen molar-refractivity contribution in [2.24, 2.45) is 0 Å². The summed E-state index contributed by atoms with van der Waals surface area (Å²) < 4.78 is 0. The van der Waals surface area contributed by atoms with Gasteiger partial charge in [-0.05, 0) is 19.1 Å². The van der Waals surface area contributed by atoms with E-state index in [9.17, 15) is 14.9 Å². The fraction of sp³-hybridized carbons (Fsp3) is 0.500. The highest BCUT2D eigenvalue weighted by atomic mass is 16.6. The minimum Gasteiger partial charge on any atom is -0.363 e. The number of nitrogens with one attached hydrogen (secondary N) is 1. The van der Waals surface area contributed by atoms with Gasteiger partial charge in [-0.25, -0.2) is 0 Å². The van der Waals surface area contributed by atoms with E-state index in [0.29, 0.717) is 24.3 Å². The summed E-state index contributed by atoms with van der Waals surface area (Å²) in [6.45, 7) is 4.17. The first kappa shape index (κ1) is 15.2. The Morgan fingerprint density at radius 2 is 2.19 bits per heavy atom. The lowest BCUT2D eigenvalue weighted by Gasteiger charge is -2.33. The molecule has 0 aliphatic carbocycles. The zero-order chi connectivity index (χ0) is 15.6. The molecule has 21 heavy (non-hydrogen) atoms.